The van der Waals surface area contributed by atoms with Gasteiger partial charge in [-0.1, -0.05) is 12.1 Å². The fraction of sp³-hybridized carbons (Fsp3) is 0.417. The van der Waals surface area contributed by atoms with Crippen LogP contribution in [0, 0.1) is 5.82 Å². The van der Waals surface area contributed by atoms with Crippen LogP contribution in [0.15, 0.2) is 29.2 Å². The van der Waals surface area contributed by atoms with Gasteiger partial charge in [0.15, 0.2) is 0 Å². The summed E-state index contributed by atoms with van der Waals surface area (Å²) in [5.74, 6) is 0.332. The second-order valence-electron chi connectivity index (χ2n) is 3.52. The smallest absolute Gasteiger partial charge is 0.220 e. The van der Waals surface area contributed by atoms with E-state index in [0.717, 1.165) is 6.42 Å². The zero-order valence-electron chi connectivity index (χ0n) is 9.62. The standard InChI is InChI=1S/C12H17FN2OS/c13-10-4-1-2-5-11(10)17-9-6-12(16)15-8-3-7-14/h1-2,4-5H,3,6-9,14H2,(H,15,16). The second-order valence-corrected chi connectivity index (χ2v) is 4.66. The lowest BCUT2D eigenvalue weighted by atomic mass is 10.3. The van der Waals surface area contributed by atoms with Crippen molar-refractivity contribution in [3.8, 4) is 0 Å². The van der Waals surface area contributed by atoms with Crippen molar-refractivity contribution >= 4 is 17.7 Å². The maximum atomic E-state index is 13.2. The molecule has 0 aliphatic heterocycles. The van der Waals surface area contributed by atoms with E-state index in [2.05, 4.69) is 5.32 Å². The van der Waals surface area contributed by atoms with Crippen LogP contribution in [0.5, 0.6) is 0 Å². The Morgan fingerprint density at radius 2 is 2.18 bits per heavy atom. The predicted octanol–water partition coefficient (Wildman–Crippen LogP) is 1.77. The van der Waals surface area contributed by atoms with E-state index in [1.165, 1.54) is 17.8 Å². The highest BCUT2D eigenvalue weighted by Crippen LogP contribution is 2.21. The number of halogens is 1. The van der Waals surface area contributed by atoms with Crippen molar-refractivity contribution in [3.05, 3.63) is 30.1 Å². The van der Waals surface area contributed by atoms with Gasteiger partial charge in [-0.05, 0) is 25.1 Å². The van der Waals surface area contributed by atoms with Gasteiger partial charge < -0.3 is 11.1 Å². The summed E-state index contributed by atoms with van der Waals surface area (Å²) in [5.41, 5.74) is 5.31. The molecule has 1 aromatic rings. The van der Waals surface area contributed by atoms with Gasteiger partial charge in [-0.15, -0.1) is 11.8 Å². The van der Waals surface area contributed by atoms with Crippen LogP contribution in [0.25, 0.3) is 0 Å². The van der Waals surface area contributed by atoms with Gasteiger partial charge in [-0.25, -0.2) is 4.39 Å². The number of carbonyl (C=O) groups is 1. The molecule has 1 aromatic carbocycles. The second kappa shape index (κ2) is 8.08. The van der Waals surface area contributed by atoms with Crippen LogP contribution >= 0.6 is 11.8 Å². The van der Waals surface area contributed by atoms with Gasteiger partial charge in [0.25, 0.3) is 0 Å². The molecule has 0 saturated heterocycles. The molecule has 1 amide bonds. The summed E-state index contributed by atoms with van der Waals surface area (Å²) in [7, 11) is 0. The molecule has 0 heterocycles. The Labute approximate surface area is 105 Å². The van der Waals surface area contributed by atoms with E-state index in [1.54, 1.807) is 18.2 Å². The van der Waals surface area contributed by atoms with Crippen LogP contribution in [-0.4, -0.2) is 24.7 Å². The monoisotopic (exact) mass is 256 g/mol. The van der Waals surface area contributed by atoms with Crippen molar-refractivity contribution < 1.29 is 9.18 Å². The molecule has 0 fully saturated rings. The molecule has 0 aliphatic rings. The zero-order valence-corrected chi connectivity index (χ0v) is 10.4. The molecule has 0 aromatic heterocycles. The first kappa shape index (κ1) is 14.0. The van der Waals surface area contributed by atoms with E-state index in [1.807, 2.05) is 0 Å². The van der Waals surface area contributed by atoms with Gasteiger partial charge in [0.1, 0.15) is 5.82 Å². The molecule has 0 atom stereocenters. The number of nitrogens with two attached hydrogens (primary N) is 1. The summed E-state index contributed by atoms with van der Waals surface area (Å²) in [5, 5.41) is 2.76. The van der Waals surface area contributed by atoms with Crippen molar-refractivity contribution in [1.29, 1.82) is 0 Å². The van der Waals surface area contributed by atoms with Crippen LogP contribution in [0.3, 0.4) is 0 Å². The molecule has 3 nitrogen and oxygen atoms in total. The molecule has 0 aliphatic carbocycles. The maximum Gasteiger partial charge on any atom is 0.220 e. The zero-order chi connectivity index (χ0) is 12.5. The number of rotatable bonds is 7. The average molecular weight is 256 g/mol. The molecule has 3 N–H and O–H groups in total. The van der Waals surface area contributed by atoms with Gasteiger partial charge in [0.05, 0.1) is 0 Å². The lowest BCUT2D eigenvalue weighted by Gasteiger charge is -2.04. The van der Waals surface area contributed by atoms with E-state index in [9.17, 15) is 9.18 Å². The van der Waals surface area contributed by atoms with Crippen LogP contribution in [0.4, 0.5) is 4.39 Å². The minimum Gasteiger partial charge on any atom is -0.356 e. The quantitative estimate of drug-likeness (QED) is 0.577. The summed E-state index contributed by atoms with van der Waals surface area (Å²) in [6, 6.07) is 6.57. The highest BCUT2D eigenvalue weighted by Gasteiger charge is 2.04. The predicted molar refractivity (Wildman–Crippen MR) is 68.4 cm³/mol. The third-order valence-electron chi connectivity index (χ3n) is 2.13. The van der Waals surface area contributed by atoms with E-state index in [0.29, 0.717) is 30.2 Å². The Balaban J connectivity index is 2.19. The van der Waals surface area contributed by atoms with Crippen molar-refractivity contribution in [2.75, 3.05) is 18.8 Å². The number of carbonyl (C=O) groups excluding carboxylic acids is 1. The largest absolute Gasteiger partial charge is 0.356 e. The van der Waals surface area contributed by atoms with Gasteiger partial charge in [0.2, 0.25) is 5.91 Å². The number of amides is 1. The Morgan fingerprint density at radius 1 is 1.41 bits per heavy atom. The lowest BCUT2D eigenvalue weighted by molar-refractivity contribution is -0.120. The fourth-order valence-electron chi connectivity index (χ4n) is 1.23. The van der Waals surface area contributed by atoms with E-state index in [-0.39, 0.29) is 11.7 Å². The molecule has 0 radical (unpaired) electrons. The van der Waals surface area contributed by atoms with Crippen molar-refractivity contribution in [2.24, 2.45) is 5.73 Å². The molecular weight excluding hydrogens is 239 g/mol. The average Bonchev–Trinajstić information content (AvgIpc) is 2.32. The topological polar surface area (TPSA) is 55.1 Å². The van der Waals surface area contributed by atoms with Crippen molar-refractivity contribution in [1.82, 2.24) is 5.32 Å². The Hall–Kier alpha value is -1.07. The van der Waals surface area contributed by atoms with Crippen molar-refractivity contribution in [2.45, 2.75) is 17.7 Å². The summed E-state index contributed by atoms with van der Waals surface area (Å²) in [6.45, 7) is 1.18. The first-order chi connectivity index (χ1) is 8.24. The van der Waals surface area contributed by atoms with Crippen LogP contribution in [-0.2, 0) is 4.79 Å². The Bertz CT molecular complexity index is 360. The Morgan fingerprint density at radius 3 is 2.88 bits per heavy atom. The molecule has 1 rings (SSSR count). The van der Waals surface area contributed by atoms with E-state index >= 15 is 0 Å². The molecule has 0 spiro atoms. The maximum absolute atomic E-state index is 13.2. The molecule has 5 heteroatoms. The molecule has 0 saturated carbocycles. The Kier molecular flexibility index (Phi) is 6.65. The highest BCUT2D eigenvalue weighted by molar-refractivity contribution is 7.99. The first-order valence-corrected chi connectivity index (χ1v) is 6.56. The fourth-order valence-corrected chi connectivity index (χ4v) is 2.12. The third-order valence-corrected chi connectivity index (χ3v) is 3.18. The molecule has 0 bridgehead atoms. The molecule has 94 valence electrons. The SMILES string of the molecule is NCCCNC(=O)CCSc1ccccc1F. The number of benzene rings is 1. The molecule has 0 unspecified atom stereocenters. The summed E-state index contributed by atoms with van der Waals surface area (Å²) < 4.78 is 13.2. The van der Waals surface area contributed by atoms with Gasteiger partial charge in [0, 0.05) is 23.6 Å². The third kappa shape index (κ3) is 5.70. The van der Waals surface area contributed by atoms with Crippen LogP contribution < -0.4 is 11.1 Å². The number of hydrogen-bond donors (Lipinski definition) is 2. The van der Waals surface area contributed by atoms with Crippen LogP contribution in [0.1, 0.15) is 12.8 Å². The normalized spacial score (nSPS) is 10.2. The summed E-state index contributed by atoms with van der Waals surface area (Å²) in [6.07, 6.45) is 1.18. The van der Waals surface area contributed by atoms with Crippen LogP contribution in [0.2, 0.25) is 0 Å². The summed E-state index contributed by atoms with van der Waals surface area (Å²) in [4.78, 5) is 11.9. The van der Waals surface area contributed by atoms with E-state index < -0.39 is 0 Å². The van der Waals surface area contributed by atoms with Gasteiger partial charge in [-0.2, -0.15) is 0 Å². The number of nitrogens with one attached hydrogen (secondary N) is 1. The number of hydrogen-bond acceptors (Lipinski definition) is 3. The van der Waals surface area contributed by atoms with Gasteiger partial charge in [-0.3, -0.25) is 4.79 Å². The molecule has 17 heavy (non-hydrogen) atoms. The van der Waals surface area contributed by atoms with E-state index in [4.69, 9.17) is 5.73 Å². The minimum absolute atomic E-state index is 0.0118. The van der Waals surface area contributed by atoms with Gasteiger partial charge >= 0.3 is 0 Å². The lowest BCUT2D eigenvalue weighted by Crippen LogP contribution is -2.26. The first-order valence-electron chi connectivity index (χ1n) is 5.58. The van der Waals surface area contributed by atoms with Crippen molar-refractivity contribution in [3.63, 3.8) is 0 Å². The molecular formula is C12H17FN2OS. The number of thioether (sulfide) groups is 1. The summed E-state index contributed by atoms with van der Waals surface area (Å²) >= 11 is 1.35. The highest BCUT2D eigenvalue weighted by atomic mass is 32.2. The minimum atomic E-state index is -0.235.